The number of para-hydroxylation sites is 1. The Hall–Kier alpha value is -4.24. The topological polar surface area (TPSA) is 72.1 Å². The molecule has 0 saturated carbocycles. The molecule has 5 rings (SSSR count). The first kappa shape index (κ1) is 18.8. The summed E-state index contributed by atoms with van der Waals surface area (Å²) < 4.78 is 13.1. The van der Waals surface area contributed by atoms with Crippen molar-refractivity contribution in [3.8, 4) is 34.6 Å². The number of nitrogens with one attached hydrogen (secondary N) is 1. The van der Waals surface area contributed by atoms with E-state index < -0.39 is 0 Å². The number of methoxy groups -OCH3 is 1. The number of hydrogen-bond acceptors (Lipinski definition) is 5. The van der Waals surface area contributed by atoms with Crippen molar-refractivity contribution in [2.45, 2.75) is 13.0 Å². The lowest BCUT2D eigenvalue weighted by molar-refractivity contribution is 0.414. The zero-order valence-corrected chi connectivity index (χ0v) is 17.0. The van der Waals surface area contributed by atoms with E-state index in [0.29, 0.717) is 23.6 Å². The highest BCUT2D eigenvalue weighted by Crippen LogP contribution is 2.35. The number of nitrogens with zero attached hydrogens (tertiary/aromatic N) is 3. The van der Waals surface area contributed by atoms with Gasteiger partial charge in [-0.05, 0) is 66.6 Å². The van der Waals surface area contributed by atoms with Crippen molar-refractivity contribution in [1.82, 2.24) is 9.78 Å². The predicted molar refractivity (Wildman–Crippen MR) is 119 cm³/mol. The fourth-order valence-corrected chi connectivity index (χ4v) is 3.74. The van der Waals surface area contributed by atoms with Gasteiger partial charge in [-0.15, -0.1) is 0 Å². The smallest absolute Gasteiger partial charge is 0.147 e. The molecule has 3 aromatic carbocycles. The van der Waals surface area contributed by atoms with Crippen molar-refractivity contribution in [2.75, 3.05) is 12.4 Å². The van der Waals surface area contributed by atoms with Gasteiger partial charge < -0.3 is 14.8 Å². The van der Waals surface area contributed by atoms with Gasteiger partial charge in [0.2, 0.25) is 0 Å². The molecule has 0 amide bonds. The van der Waals surface area contributed by atoms with Crippen LogP contribution in [-0.2, 0) is 13.0 Å². The number of benzene rings is 3. The Morgan fingerprint density at radius 1 is 0.968 bits per heavy atom. The average molecular weight is 408 g/mol. The summed E-state index contributed by atoms with van der Waals surface area (Å²) in [5.74, 6) is 3.04. The summed E-state index contributed by atoms with van der Waals surface area (Å²) in [7, 11) is 1.66. The summed E-state index contributed by atoms with van der Waals surface area (Å²) in [5.41, 5.74) is 4.16. The van der Waals surface area contributed by atoms with E-state index in [1.54, 1.807) is 7.11 Å². The largest absolute Gasteiger partial charge is 0.497 e. The van der Waals surface area contributed by atoms with Gasteiger partial charge >= 0.3 is 0 Å². The Kier molecular flexibility index (Phi) is 4.77. The minimum absolute atomic E-state index is 0.528. The molecule has 1 aliphatic heterocycles. The normalized spacial score (nSPS) is 12.0. The van der Waals surface area contributed by atoms with E-state index in [-0.39, 0.29) is 0 Å². The molecular formula is C25H20N4O2. The van der Waals surface area contributed by atoms with Crippen molar-refractivity contribution in [1.29, 1.82) is 5.26 Å². The van der Waals surface area contributed by atoms with Crippen molar-refractivity contribution in [2.24, 2.45) is 0 Å². The van der Waals surface area contributed by atoms with Crippen LogP contribution in [0.3, 0.4) is 0 Å². The number of nitriles is 1. The van der Waals surface area contributed by atoms with Gasteiger partial charge in [0, 0.05) is 17.8 Å². The lowest BCUT2D eigenvalue weighted by Gasteiger charge is -2.09. The van der Waals surface area contributed by atoms with Crippen molar-refractivity contribution in [3.63, 3.8) is 0 Å². The summed E-state index contributed by atoms with van der Waals surface area (Å²) in [4.78, 5) is 0. The van der Waals surface area contributed by atoms with Gasteiger partial charge in [0.1, 0.15) is 40.4 Å². The quantitative estimate of drug-likeness (QED) is 0.481. The second-order valence-corrected chi connectivity index (χ2v) is 7.24. The van der Waals surface area contributed by atoms with Crippen LogP contribution in [0, 0.1) is 11.3 Å². The molecule has 2 heterocycles. The molecule has 152 valence electrons. The predicted octanol–water partition coefficient (Wildman–Crippen LogP) is 5.52. The van der Waals surface area contributed by atoms with E-state index in [2.05, 4.69) is 11.4 Å². The molecule has 1 N–H and O–H groups in total. The van der Waals surface area contributed by atoms with Crippen LogP contribution in [0.4, 0.5) is 11.5 Å². The molecule has 0 atom stereocenters. The Labute approximate surface area is 180 Å². The average Bonchev–Trinajstić information content (AvgIpc) is 3.06. The van der Waals surface area contributed by atoms with E-state index in [4.69, 9.17) is 14.6 Å². The van der Waals surface area contributed by atoms with Crippen molar-refractivity contribution < 1.29 is 9.47 Å². The van der Waals surface area contributed by atoms with E-state index in [0.717, 1.165) is 40.5 Å². The first-order valence-corrected chi connectivity index (χ1v) is 10.0. The fraction of sp³-hybridized carbons (Fsp3) is 0.120. The third kappa shape index (κ3) is 3.58. The molecule has 0 spiro atoms. The molecule has 0 fully saturated rings. The zero-order valence-electron chi connectivity index (χ0n) is 17.0. The minimum Gasteiger partial charge on any atom is -0.497 e. The van der Waals surface area contributed by atoms with Gasteiger partial charge in [-0.25, -0.2) is 4.68 Å². The van der Waals surface area contributed by atoms with E-state index in [1.165, 1.54) is 0 Å². The Morgan fingerprint density at radius 3 is 2.45 bits per heavy atom. The molecule has 0 bridgehead atoms. The SMILES string of the molecule is COc1ccc2c(c1)CCn1nc(-c3ccc(Oc4ccccc4)cc3)c(C#N)c1N2. The van der Waals surface area contributed by atoms with Crippen LogP contribution in [0.15, 0.2) is 72.8 Å². The maximum atomic E-state index is 9.91. The van der Waals surface area contributed by atoms with Crippen LogP contribution in [0.2, 0.25) is 0 Å². The summed E-state index contributed by atoms with van der Waals surface area (Å²) in [6.07, 6.45) is 0.794. The summed E-state index contributed by atoms with van der Waals surface area (Å²) in [6.45, 7) is 0.673. The summed E-state index contributed by atoms with van der Waals surface area (Å²) in [5, 5.41) is 18.1. The number of fused-ring (bicyclic) bond motifs is 2. The Balaban J connectivity index is 1.46. The molecule has 6 heteroatoms. The fourth-order valence-electron chi connectivity index (χ4n) is 3.74. The molecule has 0 radical (unpaired) electrons. The van der Waals surface area contributed by atoms with Crippen molar-refractivity contribution in [3.05, 3.63) is 83.9 Å². The zero-order chi connectivity index (χ0) is 21.2. The molecule has 0 aliphatic carbocycles. The molecule has 0 saturated heterocycles. The van der Waals surface area contributed by atoms with Gasteiger partial charge in [-0.3, -0.25) is 0 Å². The highest BCUT2D eigenvalue weighted by atomic mass is 16.5. The lowest BCUT2D eigenvalue weighted by Crippen LogP contribution is -2.02. The Morgan fingerprint density at radius 2 is 1.71 bits per heavy atom. The lowest BCUT2D eigenvalue weighted by atomic mass is 10.1. The number of hydrogen-bond donors (Lipinski definition) is 1. The minimum atomic E-state index is 0.528. The third-order valence-electron chi connectivity index (χ3n) is 5.33. The molecule has 1 aromatic heterocycles. The van der Waals surface area contributed by atoms with E-state index >= 15 is 0 Å². The number of anilines is 2. The highest BCUT2D eigenvalue weighted by molar-refractivity contribution is 5.77. The maximum absolute atomic E-state index is 9.91. The van der Waals surface area contributed by atoms with Gasteiger partial charge in [-0.1, -0.05) is 18.2 Å². The highest BCUT2D eigenvalue weighted by Gasteiger charge is 2.23. The number of aromatic nitrogens is 2. The van der Waals surface area contributed by atoms with Gasteiger partial charge in [0.15, 0.2) is 0 Å². The summed E-state index contributed by atoms with van der Waals surface area (Å²) in [6, 6.07) is 25.5. The standard InChI is InChI=1S/C25H20N4O2/c1-30-21-11-12-23-18(15-21)13-14-29-25(27-23)22(16-26)24(28-29)17-7-9-20(10-8-17)31-19-5-3-2-4-6-19/h2-12,15,27H,13-14H2,1H3. The number of rotatable bonds is 4. The van der Waals surface area contributed by atoms with Gasteiger partial charge in [-0.2, -0.15) is 10.4 Å². The monoisotopic (exact) mass is 408 g/mol. The molecule has 6 nitrogen and oxygen atoms in total. The van der Waals surface area contributed by atoms with E-state index in [9.17, 15) is 5.26 Å². The first-order valence-electron chi connectivity index (χ1n) is 10.0. The van der Waals surface area contributed by atoms with Crippen LogP contribution in [0.5, 0.6) is 17.2 Å². The molecule has 1 aliphatic rings. The Bertz CT molecular complexity index is 1270. The van der Waals surface area contributed by atoms with Crippen LogP contribution in [0.1, 0.15) is 11.1 Å². The van der Waals surface area contributed by atoms with Crippen LogP contribution < -0.4 is 14.8 Å². The second kappa shape index (κ2) is 7.88. The van der Waals surface area contributed by atoms with Gasteiger partial charge in [0.05, 0.1) is 7.11 Å². The maximum Gasteiger partial charge on any atom is 0.147 e. The van der Waals surface area contributed by atoms with Crippen LogP contribution >= 0.6 is 0 Å². The second-order valence-electron chi connectivity index (χ2n) is 7.24. The van der Waals surface area contributed by atoms with Gasteiger partial charge in [0.25, 0.3) is 0 Å². The van der Waals surface area contributed by atoms with Crippen LogP contribution in [0.25, 0.3) is 11.3 Å². The summed E-state index contributed by atoms with van der Waals surface area (Å²) >= 11 is 0. The molecular weight excluding hydrogens is 388 g/mol. The number of aryl methyl sites for hydroxylation is 2. The van der Waals surface area contributed by atoms with Crippen LogP contribution in [-0.4, -0.2) is 16.9 Å². The first-order chi connectivity index (χ1) is 15.2. The third-order valence-corrected chi connectivity index (χ3v) is 5.33. The molecule has 31 heavy (non-hydrogen) atoms. The number of ether oxygens (including phenoxy) is 2. The van der Waals surface area contributed by atoms with Crippen molar-refractivity contribution >= 4 is 11.5 Å². The molecule has 0 unspecified atom stereocenters. The molecule has 4 aromatic rings. The van der Waals surface area contributed by atoms with E-state index in [1.807, 2.05) is 77.5 Å².